The third-order valence-electron chi connectivity index (χ3n) is 11.0. The molecule has 0 aliphatic rings. The van der Waals surface area contributed by atoms with Crippen LogP contribution in [0, 0.1) is 18.2 Å². The van der Waals surface area contributed by atoms with Crippen molar-refractivity contribution in [2.75, 3.05) is 0 Å². The van der Waals surface area contributed by atoms with Gasteiger partial charge in [-0.25, -0.2) is 0 Å². The molecule has 0 fully saturated rings. The van der Waals surface area contributed by atoms with Crippen LogP contribution in [0.2, 0.25) is 19.6 Å². The summed E-state index contributed by atoms with van der Waals surface area (Å²) in [6.07, 6.45) is 6.48. The molecule has 0 aliphatic heterocycles. The molecule has 0 saturated heterocycles. The van der Waals surface area contributed by atoms with Gasteiger partial charge in [0.2, 0.25) is 0 Å². The van der Waals surface area contributed by atoms with E-state index in [0.29, 0.717) is 5.92 Å². The minimum absolute atomic E-state index is 0. The maximum Gasteiger partial charge on any atom is 0.0798 e. The molecule has 0 spiro atoms. The second kappa shape index (κ2) is 18.1. The first-order chi connectivity index (χ1) is 28.9. The van der Waals surface area contributed by atoms with Crippen LogP contribution in [-0.4, -0.2) is 22.6 Å². The Bertz CT molecular complexity index is 2830. The summed E-state index contributed by atoms with van der Waals surface area (Å²) in [6.45, 7) is 18.4. The van der Waals surface area contributed by atoms with Crippen LogP contribution in [0.25, 0.3) is 72.6 Å². The summed E-state index contributed by atoms with van der Waals surface area (Å²) in [7, 11) is -1.34. The molecule has 9 aromatic rings. The molecule has 9 rings (SSSR count). The molecule has 0 saturated carbocycles. The van der Waals surface area contributed by atoms with E-state index in [0.717, 1.165) is 79.0 Å². The monoisotopic (exact) mass is 992 g/mol. The van der Waals surface area contributed by atoms with E-state index in [1.807, 2.05) is 24.3 Å². The van der Waals surface area contributed by atoms with Gasteiger partial charge in [-0.3, -0.25) is 4.98 Å². The van der Waals surface area contributed by atoms with Crippen LogP contribution in [0.3, 0.4) is 0 Å². The predicted octanol–water partition coefficient (Wildman–Crippen LogP) is 14.2. The van der Waals surface area contributed by atoms with Crippen molar-refractivity contribution in [2.45, 2.75) is 66.1 Å². The molecule has 0 aliphatic carbocycles. The van der Waals surface area contributed by atoms with E-state index < -0.39 is 8.07 Å². The topological polar surface area (TPSA) is 43.9 Å². The number of para-hydroxylation sites is 3. The Balaban J connectivity index is 0.000000226. The van der Waals surface area contributed by atoms with Crippen LogP contribution in [0.1, 0.15) is 45.7 Å². The Kier molecular flexibility index (Phi) is 12.9. The van der Waals surface area contributed by atoms with Gasteiger partial charge in [0.15, 0.2) is 0 Å². The normalized spacial score (nSPS) is 11.7. The van der Waals surface area contributed by atoms with Gasteiger partial charge in [-0.1, -0.05) is 180 Å². The first-order valence-corrected chi connectivity index (χ1v) is 24.5. The fourth-order valence-electron chi connectivity index (χ4n) is 7.99. The minimum atomic E-state index is -1.34. The Hall–Kier alpha value is -5.65. The van der Waals surface area contributed by atoms with Gasteiger partial charge in [0.25, 0.3) is 0 Å². The molecule has 0 unspecified atom stereocenters. The fourth-order valence-corrected chi connectivity index (χ4v) is 9.58. The van der Waals surface area contributed by atoms with Gasteiger partial charge in [0, 0.05) is 49.3 Å². The second-order valence-corrected chi connectivity index (χ2v) is 23.1. The molecule has 6 heteroatoms. The van der Waals surface area contributed by atoms with Crippen molar-refractivity contribution in [3.8, 4) is 50.6 Å². The van der Waals surface area contributed by atoms with Gasteiger partial charge in [-0.05, 0) is 57.5 Å². The third-order valence-corrected chi connectivity index (χ3v) is 13.1. The van der Waals surface area contributed by atoms with Gasteiger partial charge < -0.3 is 14.0 Å². The molecular weight excluding hydrogens is 939 g/mol. The Morgan fingerprint density at radius 2 is 1.36 bits per heavy atom. The van der Waals surface area contributed by atoms with Gasteiger partial charge in [-0.15, -0.1) is 42.0 Å². The van der Waals surface area contributed by atoms with Crippen molar-refractivity contribution in [1.29, 1.82) is 0 Å². The number of hydrogen-bond donors (Lipinski definition) is 0. The van der Waals surface area contributed by atoms with Crippen LogP contribution in [-0.2, 0) is 31.9 Å². The van der Waals surface area contributed by atoms with Gasteiger partial charge in [-0.2, -0.15) is 0 Å². The fraction of sp³-hybridized carbons (Fsp3) is 0.200. The minimum Gasteiger partial charge on any atom is -0.557 e. The van der Waals surface area contributed by atoms with E-state index >= 15 is 0 Å². The van der Waals surface area contributed by atoms with Crippen molar-refractivity contribution in [3.63, 3.8) is 0 Å². The number of rotatable bonds is 8. The van der Waals surface area contributed by atoms with E-state index in [1.165, 1.54) is 16.3 Å². The number of pyridine rings is 1. The molecular formula is C55H53IrN3OSi-2. The number of hydrogen-bond acceptors (Lipinski definition) is 3. The van der Waals surface area contributed by atoms with E-state index in [2.05, 4.69) is 210 Å². The zero-order valence-corrected chi connectivity index (χ0v) is 39.8. The first kappa shape index (κ1) is 43.4. The number of fused-ring (bicyclic) bond motifs is 2. The number of aromatic nitrogens is 3. The summed E-state index contributed by atoms with van der Waals surface area (Å²) >= 11 is 0. The quantitative estimate of drug-likeness (QED) is 0.113. The molecule has 309 valence electrons. The zero-order chi connectivity index (χ0) is 42.0. The summed E-state index contributed by atoms with van der Waals surface area (Å²) in [5, 5.41) is 2.49. The Morgan fingerprint density at radius 1 is 0.721 bits per heavy atom. The van der Waals surface area contributed by atoms with E-state index in [-0.39, 0.29) is 25.5 Å². The van der Waals surface area contributed by atoms with Crippen LogP contribution in [0.4, 0.5) is 0 Å². The summed E-state index contributed by atoms with van der Waals surface area (Å²) in [5.74, 6) is 1.48. The van der Waals surface area contributed by atoms with Crippen molar-refractivity contribution < 1.29 is 24.5 Å². The van der Waals surface area contributed by atoms with Gasteiger partial charge >= 0.3 is 0 Å². The number of nitrogens with zero attached hydrogens (tertiary/aromatic N) is 3. The van der Waals surface area contributed by atoms with Gasteiger partial charge in [0.1, 0.15) is 0 Å². The molecule has 3 aromatic heterocycles. The molecule has 61 heavy (non-hydrogen) atoms. The van der Waals surface area contributed by atoms with Crippen LogP contribution >= 0.6 is 0 Å². The van der Waals surface area contributed by atoms with Crippen molar-refractivity contribution >= 4 is 35.3 Å². The average Bonchev–Trinajstić information content (AvgIpc) is 3.85. The summed E-state index contributed by atoms with van der Waals surface area (Å²) in [5.41, 5.74) is 14.1. The number of benzene rings is 6. The summed E-state index contributed by atoms with van der Waals surface area (Å²) in [4.78, 5) is 9.88. The van der Waals surface area contributed by atoms with Crippen LogP contribution in [0.5, 0.6) is 0 Å². The Morgan fingerprint density at radius 3 is 1.97 bits per heavy atom. The van der Waals surface area contributed by atoms with Crippen molar-refractivity contribution in [3.05, 3.63) is 181 Å². The van der Waals surface area contributed by atoms with Gasteiger partial charge in [0.05, 0.1) is 30.6 Å². The maximum atomic E-state index is 6.08. The SMILES string of the molecule is CC(C)(C)c1ccc2c(-c3nc4ccccc4n3-c3c(-c4ccccc4)cccc3-c3ccccc3)[c-]oc2c1.CC(C)Cc1cc(-c2[c-]cccc2)ncc1[Si](C)(C)C.[Ir]. The smallest absolute Gasteiger partial charge is 0.0798 e. The molecule has 3 heterocycles. The number of furan rings is 1. The third kappa shape index (κ3) is 9.33. The molecule has 6 aromatic carbocycles. The van der Waals surface area contributed by atoms with Crippen LogP contribution in [0.15, 0.2) is 162 Å². The standard InChI is InChI=1S/C37H29N2O.C18H24NSi.Ir/c1-37(2,3)27-21-22-30-31(24-40-34(30)23-27)36-38-32-19-10-11-20-33(32)39(36)35-28(25-13-6-4-7-14-25)17-12-18-29(35)26-15-8-5-9-16-26;1-14(2)11-16-12-17(15-9-7-6-8-10-15)19-13-18(16)20(3,4)5;/h4-23H,1-3H3;6-9,12-14H,11H2,1-5H3;/q2*-1;. The van der Waals surface area contributed by atoms with Crippen molar-refractivity contribution in [2.24, 2.45) is 5.92 Å². The average molecular weight is 992 g/mol. The predicted molar refractivity (Wildman–Crippen MR) is 255 cm³/mol. The number of imidazole rings is 1. The second-order valence-electron chi connectivity index (χ2n) is 18.1. The molecule has 0 bridgehead atoms. The summed E-state index contributed by atoms with van der Waals surface area (Å²) < 4.78 is 8.37. The van der Waals surface area contributed by atoms with E-state index in [9.17, 15) is 0 Å². The van der Waals surface area contributed by atoms with Crippen molar-refractivity contribution in [1.82, 2.24) is 14.5 Å². The molecule has 0 N–H and O–H groups in total. The van der Waals surface area contributed by atoms with Crippen LogP contribution < -0.4 is 5.19 Å². The summed E-state index contributed by atoms with van der Waals surface area (Å²) in [6, 6.07) is 56.1. The molecule has 4 nitrogen and oxygen atoms in total. The molecule has 0 atom stereocenters. The molecule has 1 radical (unpaired) electrons. The van der Waals surface area contributed by atoms with E-state index in [1.54, 1.807) is 0 Å². The molecule has 0 amide bonds. The first-order valence-electron chi connectivity index (χ1n) is 21.0. The Labute approximate surface area is 376 Å². The van der Waals surface area contributed by atoms with E-state index in [4.69, 9.17) is 9.40 Å². The maximum absolute atomic E-state index is 6.08. The zero-order valence-electron chi connectivity index (χ0n) is 36.4. The largest absolute Gasteiger partial charge is 0.557 e.